The molecule has 0 aromatic heterocycles. The summed E-state index contributed by atoms with van der Waals surface area (Å²) < 4.78 is 11.1. The van der Waals surface area contributed by atoms with Gasteiger partial charge in [0.05, 0.1) is 19.3 Å². The lowest BCUT2D eigenvalue weighted by molar-refractivity contribution is 0.0263. The first-order valence-corrected chi connectivity index (χ1v) is 9.46. The molecule has 0 aliphatic carbocycles. The lowest BCUT2D eigenvalue weighted by Gasteiger charge is -2.35. The van der Waals surface area contributed by atoms with Gasteiger partial charge in [-0.25, -0.2) is 0 Å². The Bertz CT molecular complexity index is 575. The number of hydrogen-bond acceptors (Lipinski definition) is 4. The van der Waals surface area contributed by atoms with E-state index in [9.17, 15) is 0 Å². The van der Waals surface area contributed by atoms with E-state index in [1.165, 1.54) is 5.56 Å². The van der Waals surface area contributed by atoms with Gasteiger partial charge in [0.15, 0.2) is 5.96 Å². The standard InChI is InChI=1S/C20H34N4O2.HI/c1-6-26-17-10-12-24(13-11-17)20(21-2)22-15-19(23(3)4)16-8-7-9-18(14-16)25-5;/h7-9,14,17,19H,6,10-13,15H2,1-5H3,(H,21,22);1H. The molecule has 1 aliphatic rings. The fourth-order valence-corrected chi connectivity index (χ4v) is 3.44. The quantitative estimate of drug-likeness (QED) is 0.362. The van der Waals surface area contributed by atoms with Crippen molar-refractivity contribution in [1.82, 2.24) is 15.1 Å². The number of aliphatic imine (C=N–C) groups is 1. The fraction of sp³-hybridized carbons (Fsp3) is 0.650. The maximum Gasteiger partial charge on any atom is 0.193 e. The molecule has 1 aromatic carbocycles. The van der Waals surface area contributed by atoms with Gasteiger partial charge in [-0.05, 0) is 51.6 Å². The maximum atomic E-state index is 5.75. The Morgan fingerprint density at radius 2 is 2.04 bits per heavy atom. The molecule has 1 aliphatic heterocycles. The molecule has 1 unspecified atom stereocenters. The summed E-state index contributed by atoms with van der Waals surface area (Å²) in [6, 6.07) is 8.50. The second-order valence-electron chi connectivity index (χ2n) is 6.83. The molecule has 0 spiro atoms. The lowest BCUT2D eigenvalue weighted by Crippen LogP contribution is -2.48. The first-order valence-electron chi connectivity index (χ1n) is 9.46. The van der Waals surface area contributed by atoms with Crippen molar-refractivity contribution in [3.8, 4) is 5.75 Å². The van der Waals surface area contributed by atoms with Gasteiger partial charge in [0.2, 0.25) is 0 Å². The van der Waals surface area contributed by atoms with Crippen LogP contribution in [-0.2, 0) is 4.74 Å². The summed E-state index contributed by atoms with van der Waals surface area (Å²) in [5.41, 5.74) is 1.23. The number of nitrogens with one attached hydrogen (secondary N) is 1. The number of rotatable bonds is 7. The summed E-state index contributed by atoms with van der Waals surface area (Å²) in [7, 11) is 7.76. The van der Waals surface area contributed by atoms with Gasteiger partial charge in [-0.15, -0.1) is 24.0 Å². The number of benzene rings is 1. The molecule has 27 heavy (non-hydrogen) atoms. The van der Waals surface area contributed by atoms with Crippen LogP contribution in [0, 0.1) is 0 Å². The van der Waals surface area contributed by atoms with Crippen LogP contribution >= 0.6 is 24.0 Å². The van der Waals surface area contributed by atoms with Crippen LogP contribution in [0.1, 0.15) is 31.4 Å². The minimum Gasteiger partial charge on any atom is -0.497 e. The third-order valence-corrected chi connectivity index (χ3v) is 4.91. The van der Waals surface area contributed by atoms with Crippen molar-refractivity contribution in [3.05, 3.63) is 29.8 Å². The van der Waals surface area contributed by atoms with Gasteiger partial charge in [-0.3, -0.25) is 4.99 Å². The second-order valence-corrected chi connectivity index (χ2v) is 6.83. The van der Waals surface area contributed by atoms with Crippen molar-refractivity contribution in [2.75, 3.05) is 54.5 Å². The molecule has 7 heteroatoms. The Morgan fingerprint density at radius 3 is 2.59 bits per heavy atom. The monoisotopic (exact) mass is 490 g/mol. The zero-order valence-electron chi connectivity index (χ0n) is 17.3. The topological polar surface area (TPSA) is 49.3 Å². The maximum absolute atomic E-state index is 5.75. The average molecular weight is 490 g/mol. The van der Waals surface area contributed by atoms with Gasteiger partial charge in [-0.2, -0.15) is 0 Å². The number of likely N-dealkylation sites (N-methyl/N-ethyl adjacent to an activating group) is 1. The Labute approximate surface area is 181 Å². The first-order chi connectivity index (χ1) is 12.6. The van der Waals surface area contributed by atoms with Gasteiger partial charge in [0.25, 0.3) is 0 Å². The van der Waals surface area contributed by atoms with Crippen molar-refractivity contribution in [2.24, 2.45) is 4.99 Å². The molecule has 1 saturated heterocycles. The average Bonchev–Trinajstić information content (AvgIpc) is 2.66. The number of methoxy groups -OCH3 is 1. The summed E-state index contributed by atoms with van der Waals surface area (Å²) in [6.07, 6.45) is 2.50. The highest BCUT2D eigenvalue weighted by Crippen LogP contribution is 2.22. The molecule has 1 atom stereocenters. The molecule has 154 valence electrons. The van der Waals surface area contributed by atoms with Crippen molar-refractivity contribution >= 4 is 29.9 Å². The summed E-state index contributed by atoms with van der Waals surface area (Å²) >= 11 is 0. The van der Waals surface area contributed by atoms with Crippen LogP contribution in [0.3, 0.4) is 0 Å². The van der Waals surface area contributed by atoms with E-state index in [0.717, 1.165) is 50.8 Å². The number of ether oxygens (including phenoxy) is 2. The zero-order chi connectivity index (χ0) is 18.9. The predicted octanol–water partition coefficient (Wildman–Crippen LogP) is 2.99. The molecular weight excluding hydrogens is 455 g/mol. The molecule has 1 N–H and O–H groups in total. The number of guanidine groups is 1. The first kappa shape index (κ1) is 24.0. The largest absolute Gasteiger partial charge is 0.497 e. The van der Waals surface area contributed by atoms with Crippen LogP contribution in [0.2, 0.25) is 0 Å². The molecule has 0 saturated carbocycles. The van der Waals surface area contributed by atoms with Crippen molar-refractivity contribution < 1.29 is 9.47 Å². The molecule has 1 fully saturated rings. The Hall–Kier alpha value is -1.06. The van der Waals surface area contributed by atoms with Crippen LogP contribution < -0.4 is 10.1 Å². The summed E-state index contributed by atoms with van der Waals surface area (Å²) in [6.45, 7) is 5.61. The predicted molar refractivity (Wildman–Crippen MR) is 122 cm³/mol. The Kier molecular flexibility index (Phi) is 11.0. The van der Waals surface area contributed by atoms with Gasteiger partial charge >= 0.3 is 0 Å². The second kappa shape index (κ2) is 12.4. The van der Waals surface area contributed by atoms with Gasteiger partial charge in [0, 0.05) is 33.3 Å². The summed E-state index contributed by atoms with van der Waals surface area (Å²) in [5.74, 6) is 1.85. The third kappa shape index (κ3) is 7.12. The minimum atomic E-state index is 0. The lowest BCUT2D eigenvalue weighted by atomic mass is 10.1. The van der Waals surface area contributed by atoms with Crippen LogP contribution in [-0.4, -0.2) is 76.4 Å². The highest BCUT2D eigenvalue weighted by molar-refractivity contribution is 14.0. The number of hydrogen-bond donors (Lipinski definition) is 1. The highest BCUT2D eigenvalue weighted by Gasteiger charge is 2.23. The normalized spacial score (nSPS) is 16.8. The Morgan fingerprint density at radius 1 is 1.33 bits per heavy atom. The summed E-state index contributed by atoms with van der Waals surface area (Å²) in [5, 5.41) is 3.56. The number of halogens is 1. The molecule has 2 rings (SSSR count). The van der Waals surface area contributed by atoms with Crippen LogP contribution in [0.5, 0.6) is 5.75 Å². The number of nitrogens with zero attached hydrogens (tertiary/aromatic N) is 3. The number of piperidine rings is 1. The van der Waals surface area contributed by atoms with Crippen molar-refractivity contribution in [2.45, 2.75) is 31.9 Å². The van der Waals surface area contributed by atoms with E-state index in [4.69, 9.17) is 9.47 Å². The molecular formula is C20H35IN4O2. The fourth-order valence-electron chi connectivity index (χ4n) is 3.44. The molecule has 0 bridgehead atoms. The minimum absolute atomic E-state index is 0. The van der Waals surface area contributed by atoms with Crippen LogP contribution in [0.4, 0.5) is 0 Å². The number of likely N-dealkylation sites (tertiary alicyclic amines) is 1. The summed E-state index contributed by atoms with van der Waals surface area (Å²) in [4.78, 5) is 9.03. The van der Waals surface area contributed by atoms with E-state index >= 15 is 0 Å². The third-order valence-electron chi connectivity index (χ3n) is 4.91. The van der Waals surface area contributed by atoms with E-state index in [-0.39, 0.29) is 30.0 Å². The molecule has 6 nitrogen and oxygen atoms in total. The Balaban J connectivity index is 0.00000364. The van der Waals surface area contributed by atoms with E-state index in [1.807, 2.05) is 19.2 Å². The SMILES string of the molecule is CCOC1CCN(C(=NC)NCC(c2cccc(OC)c2)N(C)C)CC1.I. The smallest absolute Gasteiger partial charge is 0.193 e. The zero-order valence-corrected chi connectivity index (χ0v) is 19.6. The van der Waals surface area contributed by atoms with Gasteiger partial charge < -0.3 is 24.6 Å². The molecule has 0 radical (unpaired) electrons. The van der Waals surface area contributed by atoms with Crippen molar-refractivity contribution in [3.63, 3.8) is 0 Å². The van der Waals surface area contributed by atoms with Gasteiger partial charge in [-0.1, -0.05) is 12.1 Å². The van der Waals surface area contributed by atoms with E-state index in [0.29, 0.717) is 6.10 Å². The van der Waals surface area contributed by atoms with E-state index in [1.54, 1.807) is 7.11 Å². The molecule has 1 heterocycles. The highest BCUT2D eigenvalue weighted by atomic mass is 127. The van der Waals surface area contributed by atoms with Crippen LogP contribution in [0.15, 0.2) is 29.3 Å². The molecule has 0 amide bonds. The van der Waals surface area contributed by atoms with E-state index in [2.05, 4.69) is 53.3 Å². The van der Waals surface area contributed by atoms with Crippen molar-refractivity contribution in [1.29, 1.82) is 0 Å². The van der Waals surface area contributed by atoms with Crippen LogP contribution in [0.25, 0.3) is 0 Å². The van der Waals surface area contributed by atoms with Gasteiger partial charge in [0.1, 0.15) is 5.75 Å². The molecule has 1 aromatic rings. The van der Waals surface area contributed by atoms with E-state index < -0.39 is 0 Å².